The highest BCUT2D eigenvalue weighted by Gasteiger charge is 2.35. The maximum atomic E-state index is 13.1. The van der Waals surface area contributed by atoms with Crippen LogP contribution in [0.3, 0.4) is 0 Å². The minimum atomic E-state index is 0.0366. The SMILES string of the molecule is Cc1cc(/C=C2/SC(=NC(C)C)N(C(C)C)C2=O)c(C)n1-c1ccc(N(C)C)cc1. The molecule has 160 valence electrons. The van der Waals surface area contributed by atoms with Gasteiger partial charge in [-0.3, -0.25) is 14.7 Å². The Morgan fingerprint density at radius 2 is 1.70 bits per heavy atom. The van der Waals surface area contributed by atoms with E-state index < -0.39 is 0 Å². The highest BCUT2D eigenvalue weighted by Crippen LogP contribution is 2.35. The topological polar surface area (TPSA) is 40.8 Å². The molecule has 0 bridgehead atoms. The molecule has 3 rings (SSSR count). The highest BCUT2D eigenvalue weighted by molar-refractivity contribution is 8.18. The number of aryl methyl sites for hydroxylation is 1. The van der Waals surface area contributed by atoms with Gasteiger partial charge < -0.3 is 9.47 Å². The van der Waals surface area contributed by atoms with Crippen LogP contribution in [0.5, 0.6) is 0 Å². The minimum absolute atomic E-state index is 0.0366. The van der Waals surface area contributed by atoms with Crippen LogP contribution in [0.15, 0.2) is 40.2 Å². The van der Waals surface area contributed by atoms with E-state index >= 15 is 0 Å². The first-order valence-electron chi connectivity index (χ1n) is 10.4. The van der Waals surface area contributed by atoms with Crippen molar-refractivity contribution in [1.82, 2.24) is 9.47 Å². The molecule has 1 fully saturated rings. The Hall–Kier alpha value is -2.47. The lowest BCUT2D eigenvalue weighted by Gasteiger charge is -2.20. The summed E-state index contributed by atoms with van der Waals surface area (Å²) < 4.78 is 2.24. The number of rotatable bonds is 5. The summed E-state index contributed by atoms with van der Waals surface area (Å²) in [5.41, 5.74) is 5.62. The number of amides is 1. The van der Waals surface area contributed by atoms with Crippen LogP contribution < -0.4 is 4.90 Å². The molecule has 2 heterocycles. The second kappa shape index (κ2) is 8.72. The molecule has 0 spiro atoms. The number of carbonyl (C=O) groups excluding carboxylic acids is 1. The predicted octanol–water partition coefficient (Wildman–Crippen LogP) is 5.25. The van der Waals surface area contributed by atoms with Gasteiger partial charge in [0.1, 0.15) is 0 Å². The summed E-state index contributed by atoms with van der Waals surface area (Å²) >= 11 is 1.48. The zero-order chi connectivity index (χ0) is 22.2. The van der Waals surface area contributed by atoms with Crippen LogP contribution in [-0.2, 0) is 4.79 Å². The molecule has 0 atom stereocenters. The normalized spacial score (nSPS) is 17.3. The van der Waals surface area contributed by atoms with E-state index in [-0.39, 0.29) is 18.0 Å². The number of thioether (sulfide) groups is 1. The third-order valence-corrected chi connectivity index (χ3v) is 6.10. The maximum absolute atomic E-state index is 13.1. The molecule has 0 radical (unpaired) electrons. The van der Waals surface area contributed by atoms with E-state index in [1.54, 1.807) is 4.90 Å². The number of aliphatic imine (C=N–C) groups is 1. The predicted molar refractivity (Wildman–Crippen MR) is 130 cm³/mol. The lowest BCUT2D eigenvalue weighted by atomic mass is 10.2. The van der Waals surface area contributed by atoms with Crippen LogP contribution in [0, 0.1) is 13.8 Å². The molecular formula is C24H32N4OS. The summed E-state index contributed by atoms with van der Waals surface area (Å²) in [5, 5.41) is 0.796. The van der Waals surface area contributed by atoms with Gasteiger partial charge in [-0.2, -0.15) is 0 Å². The van der Waals surface area contributed by atoms with Crippen LogP contribution >= 0.6 is 11.8 Å². The average Bonchev–Trinajstić information content (AvgIpc) is 3.10. The van der Waals surface area contributed by atoms with Crippen LogP contribution in [0.2, 0.25) is 0 Å². The fourth-order valence-electron chi connectivity index (χ4n) is 3.62. The molecule has 0 unspecified atom stereocenters. The molecule has 5 nitrogen and oxygen atoms in total. The number of carbonyl (C=O) groups is 1. The Labute approximate surface area is 184 Å². The van der Waals surface area contributed by atoms with Gasteiger partial charge >= 0.3 is 0 Å². The van der Waals surface area contributed by atoms with Crippen LogP contribution in [0.25, 0.3) is 11.8 Å². The number of hydrogen-bond acceptors (Lipinski definition) is 4. The van der Waals surface area contributed by atoms with E-state index in [2.05, 4.69) is 58.6 Å². The molecule has 30 heavy (non-hydrogen) atoms. The number of hydrogen-bond donors (Lipinski definition) is 0. The van der Waals surface area contributed by atoms with E-state index in [1.165, 1.54) is 17.4 Å². The fourth-order valence-corrected chi connectivity index (χ4v) is 4.85. The molecule has 6 heteroatoms. The molecule has 1 aromatic carbocycles. The van der Waals surface area contributed by atoms with E-state index in [9.17, 15) is 4.79 Å². The lowest BCUT2D eigenvalue weighted by Crippen LogP contribution is -2.35. The zero-order valence-corrected chi connectivity index (χ0v) is 20.0. The van der Waals surface area contributed by atoms with Crippen molar-refractivity contribution < 1.29 is 4.79 Å². The van der Waals surface area contributed by atoms with Gasteiger partial charge in [0.25, 0.3) is 5.91 Å². The third kappa shape index (κ3) is 4.33. The largest absolute Gasteiger partial charge is 0.378 e. The van der Waals surface area contributed by atoms with Gasteiger partial charge in [-0.1, -0.05) is 0 Å². The van der Waals surface area contributed by atoms with Crippen molar-refractivity contribution in [2.24, 2.45) is 4.99 Å². The van der Waals surface area contributed by atoms with E-state index in [4.69, 9.17) is 0 Å². The molecule has 1 aliphatic rings. The van der Waals surface area contributed by atoms with Crippen LogP contribution in [-0.4, -0.2) is 46.7 Å². The quantitative estimate of drug-likeness (QED) is 0.616. The summed E-state index contributed by atoms with van der Waals surface area (Å²) in [7, 11) is 4.08. The van der Waals surface area contributed by atoms with Gasteiger partial charge in [0.15, 0.2) is 5.17 Å². The molecule has 2 aromatic rings. The van der Waals surface area contributed by atoms with Crippen molar-refractivity contribution in [3.05, 3.63) is 52.2 Å². The van der Waals surface area contributed by atoms with Crippen molar-refractivity contribution in [2.75, 3.05) is 19.0 Å². The summed E-state index contributed by atoms with van der Waals surface area (Å²) in [5.74, 6) is 0.0366. The number of anilines is 1. The summed E-state index contributed by atoms with van der Waals surface area (Å²) in [6.07, 6.45) is 2.01. The number of aromatic nitrogens is 1. The minimum Gasteiger partial charge on any atom is -0.378 e. The Bertz CT molecular complexity index is 997. The van der Waals surface area contributed by atoms with Crippen LogP contribution in [0.1, 0.15) is 44.6 Å². The number of nitrogens with zero attached hydrogens (tertiary/aromatic N) is 4. The van der Waals surface area contributed by atoms with E-state index in [0.29, 0.717) is 0 Å². The molecule has 1 aromatic heterocycles. The first-order valence-corrected chi connectivity index (χ1v) is 11.2. The molecular weight excluding hydrogens is 392 g/mol. The first kappa shape index (κ1) is 22.2. The second-order valence-corrected chi connectivity index (χ2v) is 9.47. The number of benzene rings is 1. The monoisotopic (exact) mass is 424 g/mol. The standard InChI is InChI=1S/C24H32N4OS/c1-15(2)25-24-27(16(3)4)23(29)22(30-24)14-19-13-17(5)28(18(19)6)21-11-9-20(10-12-21)26(7)8/h9-16H,1-8H3/b22-14+,25-24?. The highest BCUT2D eigenvalue weighted by atomic mass is 32.2. The Morgan fingerprint density at radius 3 is 2.23 bits per heavy atom. The fraction of sp³-hybridized carbons (Fsp3) is 0.417. The Balaban J connectivity index is 1.99. The third-order valence-electron chi connectivity index (χ3n) is 5.10. The van der Waals surface area contributed by atoms with Gasteiger partial charge in [-0.15, -0.1) is 0 Å². The van der Waals surface area contributed by atoms with Crippen molar-refractivity contribution in [3.8, 4) is 5.69 Å². The molecule has 0 aliphatic carbocycles. The van der Waals surface area contributed by atoms with Gasteiger partial charge in [0.05, 0.1) is 4.91 Å². The summed E-state index contributed by atoms with van der Waals surface area (Å²) in [6.45, 7) is 12.3. The average molecular weight is 425 g/mol. The summed E-state index contributed by atoms with van der Waals surface area (Å²) in [6, 6.07) is 10.9. The summed E-state index contributed by atoms with van der Waals surface area (Å²) in [4.78, 5) is 22.4. The number of amidine groups is 1. The molecule has 0 N–H and O–H groups in total. The lowest BCUT2D eigenvalue weighted by molar-refractivity contribution is -0.123. The van der Waals surface area contributed by atoms with Crippen molar-refractivity contribution >= 4 is 34.6 Å². The van der Waals surface area contributed by atoms with Crippen LogP contribution in [0.4, 0.5) is 5.69 Å². The zero-order valence-electron chi connectivity index (χ0n) is 19.2. The van der Waals surface area contributed by atoms with Gasteiger partial charge in [-0.25, -0.2) is 0 Å². The smallest absolute Gasteiger partial charge is 0.266 e. The van der Waals surface area contributed by atoms with Gasteiger partial charge in [0, 0.05) is 48.9 Å². The Morgan fingerprint density at radius 1 is 1.07 bits per heavy atom. The van der Waals surface area contributed by atoms with E-state index in [1.807, 2.05) is 47.9 Å². The first-order chi connectivity index (χ1) is 14.1. The van der Waals surface area contributed by atoms with Gasteiger partial charge in [0.2, 0.25) is 0 Å². The van der Waals surface area contributed by atoms with Crippen molar-refractivity contribution in [1.29, 1.82) is 0 Å². The Kier molecular flexibility index (Phi) is 6.46. The second-order valence-electron chi connectivity index (χ2n) is 8.46. The van der Waals surface area contributed by atoms with Gasteiger partial charge in [-0.05, 0) is 95.3 Å². The van der Waals surface area contributed by atoms with E-state index in [0.717, 1.165) is 32.7 Å². The molecule has 0 saturated carbocycles. The van der Waals surface area contributed by atoms with Crippen molar-refractivity contribution in [3.63, 3.8) is 0 Å². The molecule has 1 amide bonds. The van der Waals surface area contributed by atoms with Crippen molar-refractivity contribution in [2.45, 2.75) is 53.6 Å². The molecule has 1 aliphatic heterocycles. The maximum Gasteiger partial charge on any atom is 0.266 e. The molecule has 1 saturated heterocycles.